The third kappa shape index (κ3) is 3.49. The van der Waals surface area contributed by atoms with E-state index >= 15 is 0 Å². The van der Waals surface area contributed by atoms with E-state index < -0.39 is 0 Å². The Morgan fingerprint density at radius 2 is 2.21 bits per heavy atom. The molecular weight excluding hydrogens is 238 g/mol. The first-order valence-corrected chi connectivity index (χ1v) is 7.20. The maximum absolute atomic E-state index is 12.2. The van der Waals surface area contributed by atoms with Crippen molar-refractivity contribution in [1.29, 1.82) is 0 Å². The van der Waals surface area contributed by atoms with E-state index in [-0.39, 0.29) is 17.7 Å². The van der Waals surface area contributed by atoms with Crippen molar-refractivity contribution in [2.75, 3.05) is 0 Å². The fourth-order valence-electron chi connectivity index (χ4n) is 2.89. The third-order valence-electron chi connectivity index (χ3n) is 4.09. The van der Waals surface area contributed by atoms with E-state index in [1.54, 1.807) is 12.1 Å². The number of amides is 1. The van der Waals surface area contributed by atoms with Gasteiger partial charge in [0.15, 0.2) is 0 Å². The minimum atomic E-state index is -0.153. The largest absolute Gasteiger partial charge is 0.507 e. The summed E-state index contributed by atoms with van der Waals surface area (Å²) in [6.45, 7) is 4.11. The molecule has 1 amide bonds. The van der Waals surface area contributed by atoms with Crippen molar-refractivity contribution in [2.24, 2.45) is 5.92 Å². The molecule has 1 aliphatic carbocycles. The van der Waals surface area contributed by atoms with Gasteiger partial charge in [0.2, 0.25) is 0 Å². The quantitative estimate of drug-likeness (QED) is 0.876. The van der Waals surface area contributed by atoms with Crippen molar-refractivity contribution in [3.8, 4) is 5.75 Å². The second-order valence-electron chi connectivity index (χ2n) is 5.63. The number of phenols is 1. The van der Waals surface area contributed by atoms with Gasteiger partial charge in [0.05, 0.1) is 5.56 Å². The predicted molar refractivity (Wildman–Crippen MR) is 76.3 cm³/mol. The Morgan fingerprint density at radius 1 is 1.42 bits per heavy atom. The molecule has 1 aromatic rings. The highest BCUT2D eigenvalue weighted by Gasteiger charge is 2.23. The maximum atomic E-state index is 12.2. The third-order valence-corrected chi connectivity index (χ3v) is 4.09. The number of aromatic hydroxyl groups is 1. The fraction of sp³-hybridized carbons (Fsp3) is 0.562. The van der Waals surface area contributed by atoms with Gasteiger partial charge >= 0.3 is 0 Å². The predicted octanol–water partition coefficient (Wildman–Crippen LogP) is 3.40. The molecule has 0 bridgehead atoms. The van der Waals surface area contributed by atoms with Crippen molar-refractivity contribution < 1.29 is 9.90 Å². The lowest BCUT2D eigenvalue weighted by atomic mass is 9.84. The average Bonchev–Trinajstić information content (AvgIpc) is 2.38. The molecule has 1 saturated carbocycles. The van der Waals surface area contributed by atoms with Gasteiger partial charge in [0.25, 0.3) is 5.91 Å². The molecule has 2 N–H and O–H groups in total. The lowest BCUT2D eigenvalue weighted by molar-refractivity contribution is 0.0916. The first-order chi connectivity index (χ1) is 9.10. The Labute approximate surface area is 115 Å². The average molecular weight is 261 g/mol. The first kappa shape index (κ1) is 13.9. The van der Waals surface area contributed by atoms with Crippen LogP contribution in [0.3, 0.4) is 0 Å². The highest BCUT2D eigenvalue weighted by Crippen LogP contribution is 2.27. The van der Waals surface area contributed by atoms with E-state index in [0.29, 0.717) is 5.56 Å². The van der Waals surface area contributed by atoms with Crippen LogP contribution in [0.2, 0.25) is 0 Å². The summed E-state index contributed by atoms with van der Waals surface area (Å²) in [5.74, 6) is 0.644. The molecule has 1 aliphatic rings. The van der Waals surface area contributed by atoms with Gasteiger partial charge in [-0.25, -0.2) is 0 Å². The fourth-order valence-corrected chi connectivity index (χ4v) is 2.89. The summed E-state index contributed by atoms with van der Waals surface area (Å²) in [7, 11) is 0. The smallest absolute Gasteiger partial charge is 0.255 e. The molecule has 2 unspecified atom stereocenters. The molecule has 0 radical (unpaired) electrons. The number of rotatable bonds is 3. The van der Waals surface area contributed by atoms with Crippen LogP contribution in [-0.4, -0.2) is 17.1 Å². The molecule has 2 atom stereocenters. The second kappa shape index (κ2) is 6.09. The van der Waals surface area contributed by atoms with Crippen molar-refractivity contribution in [3.63, 3.8) is 0 Å². The molecule has 19 heavy (non-hydrogen) atoms. The van der Waals surface area contributed by atoms with Crippen LogP contribution >= 0.6 is 0 Å². The van der Waals surface area contributed by atoms with Crippen LogP contribution in [0.5, 0.6) is 5.75 Å². The summed E-state index contributed by atoms with van der Waals surface area (Å²) < 4.78 is 0. The molecule has 2 rings (SSSR count). The molecule has 0 aliphatic heterocycles. The normalized spacial score (nSPS) is 23.1. The molecule has 1 aromatic carbocycles. The van der Waals surface area contributed by atoms with Crippen molar-refractivity contribution in [1.82, 2.24) is 5.32 Å². The zero-order valence-corrected chi connectivity index (χ0v) is 11.8. The lowest BCUT2D eigenvalue weighted by Crippen LogP contribution is -2.38. The molecule has 1 fully saturated rings. The minimum absolute atomic E-state index is 0.0698. The SMILES string of the molecule is CCC1CCCC(NC(=O)c2ccc(C)cc2O)C1. The van der Waals surface area contributed by atoms with Gasteiger partial charge in [-0.05, 0) is 43.4 Å². The number of carbonyl (C=O) groups excluding carboxylic acids is 1. The summed E-state index contributed by atoms with van der Waals surface area (Å²) in [4.78, 5) is 12.2. The van der Waals surface area contributed by atoms with Gasteiger partial charge in [-0.3, -0.25) is 4.79 Å². The number of nitrogens with one attached hydrogen (secondary N) is 1. The van der Waals surface area contributed by atoms with E-state index in [2.05, 4.69) is 12.2 Å². The second-order valence-corrected chi connectivity index (χ2v) is 5.63. The molecule has 0 saturated heterocycles. The van der Waals surface area contributed by atoms with Gasteiger partial charge in [0.1, 0.15) is 5.75 Å². The molecule has 0 heterocycles. The highest BCUT2D eigenvalue weighted by atomic mass is 16.3. The number of hydrogen-bond acceptors (Lipinski definition) is 2. The van der Waals surface area contributed by atoms with Crippen LogP contribution in [-0.2, 0) is 0 Å². The van der Waals surface area contributed by atoms with Crippen LogP contribution in [0.1, 0.15) is 54.9 Å². The number of phenolic OH excluding ortho intramolecular Hbond substituents is 1. The van der Waals surface area contributed by atoms with Gasteiger partial charge in [-0.1, -0.05) is 32.3 Å². The van der Waals surface area contributed by atoms with E-state index in [9.17, 15) is 9.90 Å². The first-order valence-electron chi connectivity index (χ1n) is 7.20. The van der Waals surface area contributed by atoms with Gasteiger partial charge < -0.3 is 10.4 Å². The Balaban J connectivity index is 2.00. The van der Waals surface area contributed by atoms with Gasteiger partial charge in [-0.2, -0.15) is 0 Å². The molecule has 0 aromatic heterocycles. The highest BCUT2D eigenvalue weighted by molar-refractivity contribution is 5.97. The van der Waals surface area contributed by atoms with Crippen LogP contribution in [0.25, 0.3) is 0 Å². The van der Waals surface area contributed by atoms with Crippen molar-refractivity contribution in [2.45, 2.75) is 52.0 Å². The van der Waals surface area contributed by atoms with E-state index in [1.165, 1.54) is 19.3 Å². The van der Waals surface area contributed by atoms with Crippen LogP contribution in [0.15, 0.2) is 18.2 Å². The van der Waals surface area contributed by atoms with Crippen LogP contribution in [0, 0.1) is 12.8 Å². The van der Waals surface area contributed by atoms with E-state index in [4.69, 9.17) is 0 Å². The van der Waals surface area contributed by atoms with Crippen LogP contribution < -0.4 is 5.32 Å². The summed E-state index contributed by atoms with van der Waals surface area (Å²) in [6.07, 6.45) is 5.76. The van der Waals surface area contributed by atoms with Crippen LogP contribution in [0.4, 0.5) is 0 Å². The minimum Gasteiger partial charge on any atom is -0.507 e. The summed E-state index contributed by atoms with van der Waals surface area (Å²) in [5.41, 5.74) is 1.34. The molecular formula is C16H23NO2. The Kier molecular flexibility index (Phi) is 4.46. The zero-order valence-electron chi connectivity index (χ0n) is 11.8. The Bertz CT molecular complexity index is 456. The topological polar surface area (TPSA) is 49.3 Å². The molecule has 0 spiro atoms. The standard InChI is InChI=1S/C16H23NO2/c1-3-12-5-4-6-13(10-12)17-16(19)14-8-7-11(2)9-15(14)18/h7-9,12-13,18H,3-6,10H2,1-2H3,(H,17,19). The van der Waals surface area contributed by atoms with Gasteiger partial charge in [-0.15, -0.1) is 0 Å². The number of carbonyl (C=O) groups is 1. The molecule has 3 heteroatoms. The number of benzene rings is 1. The Morgan fingerprint density at radius 3 is 2.89 bits per heavy atom. The summed E-state index contributed by atoms with van der Waals surface area (Å²) in [6, 6.07) is 5.43. The molecule has 3 nitrogen and oxygen atoms in total. The van der Waals surface area contributed by atoms with E-state index in [0.717, 1.165) is 24.3 Å². The zero-order chi connectivity index (χ0) is 13.8. The number of aryl methyl sites for hydroxylation is 1. The lowest BCUT2D eigenvalue weighted by Gasteiger charge is -2.29. The van der Waals surface area contributed by atoms with Crippen molar-refractivity contribution in [3.05, 3.63) is 29.3 Å². The Hall–Kier alpha value is -1.51. The monoisotopic (exact) mass is 261 g/mol. The van der Waals surface area contributed by atoms with Crippen molar-refractivity contribution >= 4 is 5.91 Å². The summed E-state index contributed by atoms with van der Waals surface area (Å²) >= 11 is 0. The van der Waals surface area contributed by atoms with E-state index in [1.807, 2.05) is 13.0 Å². The summed E-state index contributed by atoms with van der Waals surface area (Å²) in [5, 5.41) is 12.9. The number of hydrogen-bond donors (Lipinski definition) is 2. The van der Waals surface area contributed by atoms with Gasteiger partial charge in [0, 0.05) is 6.04 Å². The molecule has 104 valence electrons. The maximum Gasteiger partial charge on any atom is 0.255 e.